The Hall–Kier alpha value is -2.44. The Balaban J connectivity index is 1.60. The number of benzene rings is 1. The van der Waals surface area contributed by atoms with E-state index in [1.165, 1.54) is 5.56 Å². The summed E-state index contributed by atoms with van der Waals surface area (Å²) >= 11 is 3.66. The molecule has 29 heavy (non-hydrogen) atoms. The van der Waals surface area contributed by atoms with Crippen LogP contribution in [-0.4, -0.2) is 27.5 Å². The number of hydrogen-bond acceptors (Lipinski definition) is 2. The smallest absolute Gasteiger partial charge is 0.287 e. The van der Waals surface area contributed by atoms with Crippen molar-refractivity contribution >= 4 is 37.9 Å². The second kappa shape index (κ2) is 7.43. The second-order valence-electron chi connectivity index (χ2n) is 8.08. The van der Waals surface area contributed by atoms with E-state index in [0.29, 0.717) is 12.0 Å². The molecule has 148 valence electrons. The van der Waals surface area contributed by atoms with Crippen molar-refractivity contribution in [1.82, 2.24) is 14.5 Å². The van der Waals surface area contributed by atoms with Gasteiger partial charge in [0.2, 0.25) is 0 Å². The minimum atomic E-state index is 0.0482. The van der Waals surface area contributed by atoms with Crippen molar-refractivity contribution in [2.24, 2.45) is 5.92 Å². The molecule has 0 saturated carbocycles. The molecule has 6 heteroatoms. The molecule has 1 fully saturated rings. The molecule has 4 aromatic rings. The topological polar surface area (TPSA) is 55.2 Å². The fourth-order valence-corrected chi connectivity index (χ4v) is 5.10. The normalized spacial score (nSPS) is 20.5. The van der Waals surface area contributed by atoms with Gasteiger partial charge < -0.3 is 4.57 Å². The molecule has 5 nitrogen and oxygen atoms in total. The van der Waals surface area contributed by atoms with Crippen molar-refractivity contribution in [3.8, 4) is 0 Å². The number of pyridine rings is 2. The van der Waals surface area contributed by atoms with Gasteiger partial charge in [-0.05, 0) is 40.4 Å². The van der Waals surface area contributed by atoms with E-state index < -0.39 is 0 Å². The molecule has 2 atom stereocenters. The van der Waals surface area contributed by atoms with Crippen LogP contribution in [0.1, 0.15) is 24.9 Å². The Bertz CT molecular complexity index is 1230. The predicted molar refractivity (Wildman–Crippen MR) is 119 cm³/mol. The fraction of sp³-hybridized carbons (Fsp3) is 0.304. The summed E-state index contributed by atoms with van der Waals surface area (Å²) in [5.41, 5.74) is 3.31. The van der Waals surface area contributed by atoms with Gasteiger partial charge in [0.15, 0.2) is 5.43 Å². The predicted octanol–water partition coefficient (Wildman–Crippen LogP) is 4.14. The molecule has 5 rings (SSSR count). The Kier molecular flexibility index (Phi) is 4.76. The van der Waals surface area contributed by atoms with Gasteiger partial charge in [-0.25, -0.2) is 9.97 Å². The Morgan fingerprint density at radius 1 is 1.24 bits per heavy atom. The molecule has 2 N–H and O–H groups in total. The number of fused-ring (bicyclic) bond motifs is 3. The van der Waals surface area contributed by atoms with Crippen molar-refractivity contribution < 1.29 is 4.98 Å². The van der Waals surface area contributed by atoms with Gasteiger partial charge in [0, 0.05) is 31.4 Å². The molecule has 0 unspecified atom stereocenters. The number of halogens is 1. The van der Waals surface area contributed by atoms with Crippen LogP contribution in [0.4, 0.5) is 0 Å². The molecule has 0 radical (unpaired) electrons. The van der Waals surface area contributed by atoms with E-state index in [0.717, 1.165) is 52.5 Å². The van der Waals surface area contributed by atoms with Crippen molar-refractivity contribution in [2.75, 3.05) is 13.1 Å². The lowest BCUT2D eigenvalue weighted by Crippen LogP contribution is -2.40. The Morgan fingerprint density at radius 3 is 2.90 bits per heavy atom. The molecule has 4 heterocycles. The van der Waals surface area contributed by atoms with E-state index in [1.54, 1.807) is 6.07 Å². The molecule has 0 spiro atoms. The van der Waals surface area contributed by atoms with Gasteiger partial charge in [0.1, 0.15) is 17.8 Å². The highest BCUT2D eigenvalue weighted by Crippen LogP contribution is 2.34. The van der Waals surface area contributed by atoms with Crippen LogP contribution in [-0.2, 0) is 6.54 Å². The SMILES string of the molecule is C[C@@H]1CCN(Cc2ccccc2)C[C@@H]1n1ccc(=O)c2c[nH+]c3[nH]cc(Br)c3c21. The highest BCUT2D eigenvalue weighted by Gasteiger charge is 2.29. The lowest BCUT2D eigenvalue weighted by atomic mass is 9.92. The maximum atomic E-state index is 12.6. The molecule has 1 saturated heterocycles. The highest BCUT2D eigenvalue weighted by molar-refractivity contribution is 9.10. The van der Waals surface area contributed by atoms with E-state index >= 15 is 0 Å². The molecule has 3 aromatic heterocycles. The number of aromatic amines is 2. The van der Waals surface area contributed by atoms with Crippen LogP contribution >= 0.6 is 15.9 Å². The van der Waals surface area contributed by atoms with E-state index in [2.05, 4.69) is 72.6 Å². The first-order valence-corrected chi connectivity index (χ1v) is 10.9. The van der Waals surface area contributed by atoms with Crippen LogP contribution in [0.15, 0.2) is 64.3 Å². The first-order valence-electron chi connectivity index (χ1n) is 10.1. The zero-order valence-electron chi connectivity index (χ0n) is 16.4. The van der Waals surface area contributed by atoms with Gasteiger partial charge in [-0.3, -0.25) is 9.69 Å². The number of aromatic nitrogens is 3. The summed E-state index contributed by atoms with van der Waals surface area (Å²) in [6.45, 7) is 5.35. The number of nitrogens with one attached hydrogen (secondary N) is 2. The second-order valence-corrected chi connectivity index (χ2v) is 8.93. The van der Waals surface area contributed by atoms with Crippen molar-refractivity contribution in [2.45, 2.75) is 25.9 Å². The molecule has 1 aromatic carbocycles. The summed E-state index contributed by atoms with van der Waals surface area (Å²) in [6.07, 6.45) is 6.88. The average molecular weight is 452 g/mol. The summed E-state index contributed by atoms with van der Waals surface area (Å²) < 4.78 is 3.30. The van der Waals surface area contributed by atoms with Gasteiger partial charge in [0.25, 0.3) is 5.65 Å². The van der Waals surface area contributed by atoms with Crippen LogP contribution in [0.25, 0.3) is 21.9 Å². The summed E-state index contributed by atoms with van der Waals surface area (Å²) in [7, 11) is 0. The van der Waals surface area contributed by atoms with Gasteiger partial charge >= 0.3 is 0 Å². The standard InChI is InChI=1S/C23H23BrN4O/c1-15-7-9-27(13-16-5-3-2-4-6-16)14-19(15)28-10-8-20(29)17-11-25-23-21(22(17)28)18(24)12-26-23/h2-6,8,10-12,15,19H,7,9,13-14H2,1H3,(H,25,26)/p+1/t15-,19+/m1/s1. The van der Waals surface area contributed by atoms with Crippen LogP contribution in [0.2, 0.25) is 0 Å². The first kappa shape index (κ1) is 18.6. The van der Waals surface area contributed by atoms with Crippen LogP contribution in [0.5, 0.6) is 0 Å². The van der Waals surface area contributed by atoms with Gasteiger partial charge in [-0.1, -0.05) is 37.3 Å². The number of likely N-dealkylation sites (tertiary alicyclic amines) is 1. The molecule has 0 amide bonds. The Morgan fingerprint density at radius 2 is 2.07 bits per heavy atom. The number of nitrogens with zero attached hydrogens (tertiary/aromatic N) is 2. The zero-order valence-corrected chi connectivity index (χ0v) is 17.9. The van der Waals surface area contributed by atoms with E-state index in [-0.39, 0.29) is 5.43 Å². The molecule has 1 aliphatic rings. The van der Waals surface area contributed by atoms with Crippen molar-refractivity contribution in [3.63, 3.8) is 0 Å². The third-order valence-electron chi connectivity index (χ3n) is 6.20. The quantitative estimate of drug-likeness (QED) is 0.508. The van der Waals surface area contributed by atoms with Crippen LogP contribution in [0, 0.1) is 5.92 Å². The van der Waals surface area contributed by atoms with E-state index in [4.69, 9.17) is 0 Å². The maximum absolute atomic E-state index is 12.6. The zero-order chi connectivity index (χ0) is 20.0. The third kappa shape index (κ3) is 3.30. The Labute approximate surface area is 177 Å². The number of hydrogen-bond donors (Lipinski definition) is 1. The summed E-state index contributed by atoms with van der Waals surface area (Å²) in [5, 5.41) is 1.76. The van der Waals surface area contributed by atoms with Gasteiger partial charge in [-0.15, -0.1) is 0 Å². The molecular formula is C23H24BrN4O+. The van der Waals surface area contributed by atoms with Gasteiger partial charge in [-0.2, -0.15) is 0 Å². The lowest BCUT2D eigenvalue weighted by Gasteiger charge is -2.39. The minimum absolute atomic E-state index is 0.0482. The van der Waals surface area contributed by atoms with E-state index in [9.17, 15) is 4.79 Å². The number of rotatable bonds is 3. The average Bonchev–Trinajstić information content (AvgIpc) is 3.12. The van der Waals surface area contributed by atoms with Gasteiger partial charge in [0.05, 0.1) is 15.4 Å². The first-order chi connectivity index (χ1) is 14.1. The summed E-state index contributed by atoms with van der Waals surface area (Å²) in [6, 6.07) is 12.7. The largest absolute Gasteiger partial charge is 0.342 e. The lowest BCUT2D eigenvalue weighted by molar-refractivity contribution is -0.345. The summed E-state index contributed by atoms with van der Waals surface area (Å²) in [5.74, 6) is 0.532. The number of piperidine rings is 1. The molecule has 1 aliphatic heterocycles. The van der Waals surface area contributed by atoms with Crippen molar-refractivity contribution in [3.05, 3.63) is 75.2 Å². The van der Waals surface area contributed by atoms with Crippen LogP contribution < -0.4 is 10.4 Å². The minimum Gasteiger partial charge on any atom is -0.342 e. The third-order valence-corrected chi connectivity index (χ3v) is 6.83. The van der Waals surface area contributed by atoms with Crippen molar-refractivity contribution in [1.29, 1.82) is 0 Å². The molecule has 0 aliphatic carbocycles. The van der Waals surface area contributed by atoms with E-state index in [1.807, 2.05) is 18.6 Å². The fourth-order valence-electron chi connectivity index (χ4n) is 4.60. The monoisotopic (exact) mass is 451 g/mol. The van der Waals surface area contributed by atoms with Crippen LogP contribution in [0.3, 0.4) is 0 Å². The summed E-state index contributed by atoms with van der Waals surface area (Å²) in [4.78, 5) is 21.6. The highest BCUT2D eigenvalue weighted by atomic mass is 79.9. The molecule has 0 bridgehead atoms. The molecular weight excluding hydrogens is 428 g/mol. The number of H-pyrrole nitrogens is 2. The maximum Gasteiger partial charge on any atom is 0.287 e.